The second-order valence-corrected chi connectivity index (χ2v) is 9.01. The van der Waals surface area contributed by atoms with Crippen LogP contribution in [0.3, 0.4) is 0 Å². The fourth-order valence-electron chi connectivity index (χ4n) is 5.83. The first-order chi connectivity index (χ1) is 13.4. The normalized spacial score (nSPS) is 31.5. The number of carboxylic acid groups (broad SMARTS) is 1. The van der Waals surface area contributed by atoms with Crippen LogP contribution < -0.4 is 5.32 Å². The Morgan fingerprint density at radius 2 is 1.86 bits per heavy atom. The van der Waals surface area contributed by atoms with E-state index in [0.717, 1.165) is 24.9 Å². The van der Waals surface area contributed by atoms with Gasteiger partial charge in [-0.2, -0.15) is 0 Å². The number of carbonyl (C=O) groups is 1. The number of aliphatic carboxylic acids is 1. The lowest BCUT2D eigenvalue weighted by atomic mass is 9.60. The second-order valence-electron chi connectivity index (χ2n) is 8.57. The lowest BCUT2D eigenvalue weighted by molar-refractivity contribution is -0.144. The van der Waals surface area contributed by atoms with Crippen LogP contribution in [0.1, 0.15) is 63.0 Å². The Labute approximate surface area is 172 Å². The van der Waals surface area contributed by atoms with Crippen LogP contribution in [0.15, 0.2) is 48.5 Å². The first-order valence-electron chi connectivity index (χ1n) is 10.3. The monoisotopic (exact) mass is 397 g/mol. The number of halogens is 1. The molecule has 0 heterocycles. The van der Waals surface area contributed by atoms with Gasteiger partial charge < -0.3 is 10.4 Å². The number of hydrogen-bond donors (Lipinski definition) is 2. The van der Waals surface area contributed by atoms with Gasteiger partial charge in [0.1, 0.15) is 5.54 Å². The molecule has 2 N–H and O–H groups in total. The van der Waals surface area contributed by atoms with E-state index in [2.05, 4.69) is 43.4 Å². The zero-order valence-electron chi connectivity index (χ0n) is 16.5. The molecule has 1 saturated carbocycles. The Hall–Kier alpha value is -2.00. The second kappa shape index (κ2) is 7.11. The quantitative estimate of drug-likeness (QED) is 0.642. The number of hydrogen-bond acceptors (Lipinski definition) is 2. The molecular weight excluding hydrogens is 370 g/mol. The van der Waals surface area contributed by atoms with Crippen molar-refractivity contribution in [2.45, 2.75) is 62.8 Å². The van der Waals surface area contributed by atoms with E-state index >= 15 is 0 Å². The van der Waals surface area contributed by atoms with Crippen molar-refractivity contribution in [2.24, 2.45) is 5.92 Å². The summed E-state index contributed by atoms with van der Waals surface area (Å²) in [6, 6.07) is 16.2. The van der Waals surface area contributed by atoms with Crippen LogP contribution in [0.2, 0.25) is 5.02 Å². The van der Waals surface area contributed by atoms with Gasteiger partial charge in [-0.25, -0.2) is 4.79 Å². The Balaban J connectivity index is 1.64. The zero-order chi connectivity index (χ0) is 19.9. The standard InChI is InChI=1S/C24H28ClNO2/c1-3-19-16(2)23(21-10-5-4-9-20(19)21)11-13-24(14-12-23,22(27)28)26-18-8-6-7-17(25)15-18/h4-10,15-16,19,26H,3,11-14H2,1-2H3,(H,27,28). The minimum atomic E-state index is -0.936. The van der Waals surface area contributed by atoms with Crippen LogP contribution in [0.25, 0.3) is 0 Å². The highest BCUT2D eigenvalue weighted by Gasteiger charge is 2.55. The highest BCUT2D eigenvalue weighted by molar-refractivity contribution is 6.30. The summed E-state index contributed by atoms with van der Waals surface area (Å²) in [7, 11) is 0. The fraction of sp³-hybridized carbons (Fsp3) is 0.458. The number of anilines is 1. The van der Waals surface area contributed by atoms with Gasteiger partial charge in [-0.3, -0.25) is 0 Å². The van der Waals surface area contributed by atoms with Gasteiger partial charge in [0, 0.05) is 10.7 Å². The molecule has 0 aliphatic heterocycles. The average molecular weight is 398 g/mol. The van der Waals surface area contributed by atoms with Crippen LogP contribution in [0.4, 0.5) is 5.69 Å². The summed E-state index contributed by atoms with van der Waals surface area (Å²) >= 11 is 6.11. The number of rotatable bonds is 4. The molecule has 0 amide bonds. The van der Waals surface area contributed by atoms with E-state index in [1.54, 1.807) is 12.1 Å². The summed E-state index contributed by atoms with van der Waals surface area (Å²) in [4.78, 5) is 12.3. The lowest BCUT2D eigenvalue weighted by Crippen LogP contribution is -2.52. The maximum atomic E-state index is 12.3. The van der Waals surface area contributed by atoms with Gasteiger partial charge in [-0.15, -0.1) is 0 Å². The van der Waals surface area contributed by atoms with Crippen molar-refractivity contribution >= 4 is 23.3 Å². The predicted molar refractivity (Wildman–Crippen MR) is 114 cm³/mol. The maximum absolute atomic E-state index is 12.3. The van der Waals surface area contributed by atoms with E-state index < -0.39 is 11.5 Å². The van der Waals surface area contributed by atoms with E-state index in [4.69, 9.17) is 11.6 Å². The van der Waals surface area contributed by atoms with Crippen molar-refractivity contribution in [2.75, 3.05) is 5.32 Å². The molecule has 2 aliphatic rings. The highest BCUT2D eigenvalue weighted by atomic mass is 35.5. The van der Waals surface area contributed by atoms with Crippen LogP contribution in [-0.2, 0) is 10.2 Å². The third-order valence-electron chi connectivity index (χ3n) is 7.43. The van der Waals surface area contributed by atoms with E-state index in [9.17, 15) is 9.90 Å². The van der Waals surface area contributed by atoms with Crippen LogP contribution in [0.5, 0.6) is 0 Å². The Bertz CT molecular complexity index is 886. The first-order valence-corrected chi connectivity index (χ1v) is 10.7. The smallest absolute Gasteiger partial charge is 0.329 e. The Morgan fingerprint density at radius 3 is 2.50 bits per heavy atom. The van der Waals surface area contributed by atoms with Gasteiger partial charge in [0.25, 0.3) is 0 Å². The van der Waals surface area contributed by atoms with Gasteiger partial charge in [-0.05, 0) is 78.7 Å². The predicted octanol–water partition coefficient (Wildman–Crippen LogP) is 6.23. The Kier molecular flexibility index (Phi) is 4.91. The van der Waals surface area contributed by atoms with Gasteiger partial charge in [-0.1, -0.05) is 55.8 Å². The van der Waals surface area contributed by atoms with Crippen molar-refractivity contribution in [3.05, 3.63) is 64.7 Å². The molecule has 0 bridgehead atoms. The molecule has 0 aromatic heterocycles. The number of nitrogens with one attached hydrogen (secondary N) is 1. The molecule has 0 radical (unpaired) electrons. The molecule has 4 rings (SSSR count). The van der Waals surface area contributed by atoms with Crippen molar-refractivity contribution in [1.29, 1.82) is 0 Å². The molecule has 3 nitrogen and oxygen atoms in total. The van der Waals surface area contributed by atoms with Gasteiger partial charge in [0.15, 0.2) is 0 Å². The molecule has 2 aliphatic carbocycles. The molecule has 2 atom stereocenters. The van der Waals surface area contributed by atoms with E-state index in [-0.39, 0.29) is 5.41 Å². The van der Waals surface area contributed by atoms with Gasteiger partial charge in [0.05, 0.1) is 0 Å². The van der Waals surface area contributed by atoms with Crippen LogP contribution >= 0.6 is 11.6 Å². The largest absolute Gasteiger partial charge is 0.480 e. The summed E-state index contributed by atoms with van der Waals surface area (Å²) in [5.41, 5.74) is 2.86. The summed E-state index contributed by atoms with van der Waals surface area (Å²) in [6.45, 7) is 4.63. The van der Waals surface area contributed by atoms with Crippen LogP contribution in [0, 0.1) is 5.92 Å². The zero-order valence-corrected chi connectivity index (χ0v) is 17.3. The topological polar surface area (TPSA) is 49.3 Å². The van der Waals surface area contributed by atoms with Crippen molar-refractivity contribution in [3.63, 3.8) is 0 Å². The summed E-state index contributed by atoms with van der Waals surface area (Å²) < 4.78 is 0. The van der Waals surface area contributed by atoms with Crippen molar-refractivity contribution in [3.8, 4) is 0 Å². The minimum absolute atomic E-state index is 0.0895. The fourth-order valence-corrected chi connectivity index (χ4v) is 6.02. The molecule has 0 saturated heterocycles. The summed E-state index contributed by atoms with van der Waals surface area (Å²) in [5.74, 6) is 0.329. The summed E-state index contributed by atoms with van der Waals surface area (Å²) in [5, 5.41) is 14.0. The van der Waals surface area contributed by atoms with E-state index in [0.29, 0.717) is 29.7 Å². The van der Waals surface area contributed by atoms with Gasteiger partial charge >= 0.3 is 5.97 Å². The SMILES string of the molecule is CCC1c2ccccc2C2(CCC(Nc3cccc(Cl)c3)(C(=O)O)CC2)C1C. The number of fused-ring (bicyclic) bond motifs is 2. The minimum Gasteiger partial charge on any atom is -0.480 e. The molecule has 1 fully saturated rings. The maximum Gasteiger partial charge on any atom is 0.329 e. The van der Waals surface area contributed by atoms with Gasteiger partial charge in [0.2, 0.25) is 0 Å². The molecule has 2 aromatic rings. The molecule has 2 unspecified atom stereocenters. The molecule has 28 heavy (non-hydrogen) atoms. The average Bonchev–Trinajstić information content (AvgIpc) is 2.92. The lowest BCUT2D eigenvalue weighted by Gasteiger charge is -2.46. The molecular formula is C24H28ClNO2. The number of benzene rings is 2. The van der Waals surface area contributed by atoms with Crippen molar-refractivity contribution in [1.82, 2.24) is 0 Å². The van der Waals surface area contributed by atoms with Crippen molar-refractivity contribution < 1.29 is 9.90 Å². The number of carboxylic acids is 1. The molecule has 4 heteroatoms. The Morgan fingerprint density at radius 1 is 1.14 bits per heavy atom. The van der Waals surface area contributed by atoms with E-state index in [1.807, 2.05) is 12.1 Å². The molecule has 1 spiro atoms. The highest BCUT2D eigenvalue weighted by Crippen LogP contribution is 2.59. The first kappa shape index (κ1) is 19.3. The third kappa shape index (κ3) is 2.91. The third-order valence-corrected chi connectivity index (χ3v) is 7.66. The molecule has 148 valence electrons. The molecule has 2 aromatic carbocycles. The van der Waals surface area contributed by atoms with Crippen LogP contribution in [-0.4, -0.2) is 16.6 Å². The summed E-state index contributed by atoms with van der Waals surface area (Å²) in [6.07, 6.45) is 4.14. The van der Waals surface area contributed by atoms with E-state index in [1.165, 1.54) is 11.1 Å².